The van der Waals surface area contributed by atoms with Gasteiger partial charge in [0.15, 0.2) is 17.5 Å². The Balaban J connectivity index is 2.62. The summed E-state index contributed by atoms with van der Waals surface area (Å²) in [5, 5.41) is 19.0. The normalized spacial score (nSPS) is 10.9. The Morgan fingerprint density at radius 1 is 1.42 bits per heavy atom. The molecule has 0 aliphatic carbocycles. The van der Waals surface area contributed by atoms with Crippen LogP contribution >= 0.6 is 0 Å². The van der Waals surface area contributed by atoms with Gasteiger partial charge in [0.05, 0.1) is 11.0 Å². The van der Waals surface area contributed by atoms with Crippen LogP contribution < -0.4 is 10.3 Å². The van der Waals surface area contributed by atoms with Gasteiger partial charge in [-0.05, 0) is 19.1 Å². The summed E-state index contributed by atoms with van der Waals surface area (Å²) in [6.45, 7) is 1.11. The number of amides is 1. The number of nitriles is 1. The maximum absolute atomic E-state index is 11.4. The highest BCUT2D eigenvalue weighted by Crippen LogP contribution is 2.16. The van der Waals surface area contributed by atoms with Gasteiger partial charge >= 0.3 is 0 Å². The number of carbonyl (C=O) groups excluding carboxylic acids is 2. The zero-order valence-corrected chi connectivity index (χ0v) is 9.82. The van der Waals surface area contributed by atoms with E-state index in [1.165, 1.54) is 30.3 Å². The van der Waals surface area contributed by atoms with Crippen LogP contribution in [0.15, 0.2) is 24.3 Å². The molecule has 1 amide bonds. The summed E-state index contributed by atoms with van der Waals surface area (Å²) in [4.78, 5) is 36.9. The van der Waals surface area contributed by atoms with Crippen molar-refractivity contribution in [1.82, 2.24) is 5.48 Å². The van der Waals surface area contributed by atoms with Gasteiger partial charge in [0, 0.05) is 12.1 Å². The quantitative estimate of drug-likeness (QED) is 0.474. The predicted molar refractivity (Wildman–Crippen MR) is 61.7 cm³/mol. The van der Waals surface area contributed by atoms with Gasteiger partial charge in [-0.1, -0.05) is 0 Å². The third kappa shape index (κ3) is 3.78. The first-order valence-electron chi connectivity index (χ1n) is 5.07. The number of rotatable bonds is 5. The van der Waals surface area contributed by atoms with Gasteiger partial charge in [0.2, 0.25) is 0 Å². The smallest absolute Gasteiger partial charge is 0.277 e. The van der Waals surface area contributed by atoms with Crippen LogP contribution in [0.25, 0.3) is 0 Å². The Bertz CT molecular complexity index is 546. The molecule has 1 rings (SSSR count). The maximum Gasteiger partial charge on any atom is 0.277 e. The van der Waals surface area contributed by atoms with Crippen LogP contribution in [0.3, 0.4) is 0 Å². The highest BCUT2D eigenvalue weighted by molar-refractivity contribution is 6.02. The molecule has 0 aliphatic rings. The fraction of sp³-hybridized carbons (Fsp3) is 0.182. The van der Waals surface area contributed by atoms with Gasteiger partial charge in [-0.3, -0.25) is 19.7 Å². The van der Waals surface area contributed by atoms with Crippen molar-refractivity contribution in [2.45, 2.75) is 6.92 Å². The Morgan fingerprint density at radius 2 is 2.00 bits per heavy atom. The standard InChI is InChI=1S/C11H9N3O5/c1-7(15)10(6-12)11(16)13-19-9-4-2-8(3-5-9)14(17)18/h2-5,10H,1H3,(H,13,16). The van der Waals surface area contributed by atoms with Crippen LogP contribution in [-0.2, 0) is 9.59 Å². The zero-order chi connectivity index (χ0) is 14.4. The third-order valence-corrected chi connectivity index (χ3v) is 2.11. The van der Waals surface area contributed by atoms with Gasteiger partial charge < -0.3 is 4.84 Å². The van der Waals surface area contributed by atoms with Crippen molar-refractivity contribution in [3.63, 3.8) is 0 Å². The van der Waals surface area contributed by atoms with Crippen LogP contribution in [0.2, 0.25) is 0 Å². The fourth-order valence-electron chi connectivity index (χ4n) is 1.14. The summed E-state index contributed by atoms with van der Waals surface area (Å²) >= 11 is 0. The van der Waals surface area contributed by atoms with Gasteiger partial charge in [0.25, 0.3) is 11.6 Å². The fourth-order valence-corrected chi connectivity index (χ4v) is 1.14. The summed E-state index contributed by atoms with van der Waals surface area (Å²) < 4.78 is 0. The average Bonchev–Trinajstić information content (AvgIpc) is 2.37. The maximum atomic E-state index is 11.4. The number of Topliss-reactive ketones (excluding diaryl/α,β-unsaturated/α-hetero) is 1. The molecule has 1 aromatic carbocycles. The number of nitro groups is 1. The highest BCUT2D eigenvalue weighted by Gasteiger charge is 2.23. The molecule has 0 spiro atoms. The summed E-state index contributed by atoms with van der Waals surface area (Å²) in [5.41, 5.74) is 1.80. The average molecular weight is 263 g/mol. The Hall–Kier alpha value is -2.95. The molecule has 1 unspecified atom stereocenters. The molecule has 0 aromatic heterocycles. The molecule has 8 heteroatoms. The van der Waals surface area contributed by atoms with E-state index < -0.39 is 22.5 Å². The number of ketones is 1. The van der Waals surface area contributed by atoms with E-state index >= 15 is 0 Å². The minimum absolute atomic E-state index is 0.127. The molecule has 1 atom stereocenters. The van der Waals surface area contributed by atoms with Crippen LogP contribution in [-0.4, -0.2) is 16.6 Å². The molecule has 0 radical (unpaired) electrons. The summed E-state index contributed by atoms with van der Waals surface area (Å²) in [5.74, 6) is -2.81. The lowest BCUT2D eigenvalue weighted by molar-refractivity contribution is -0.384. The summed E-state index contributed by atoms with van der Waals surface area (Å²) in [7, 11) is 0. The topological polar surface area (TPSA) is 122 Å². The van der Waals surface area contributed by atoms with Crippen LogP contribution in [0.1, 0.15) is 6.92 Å². The lowest BCUT2D eigenvalue weighted by Gasteiger charge is -2.08. The van der Waals surface area contributed by atoms with Crippen molar-refractivity contribution in [2.24, 2.45) is 5.92 Å². The van der Waals surface area contributed by atoms with E-state index in [0.29, 0.717) is 0 Å². The molecule has 0 saturated carbocycles. The minimum atomic E-state index is -1.45. The molecule has 0 fully saturated rings. The first kappa shape index (κ1) is 14.1. The number of nitrogens with one attached hydrogen (secondary N) is 1. The van der Waals surface area contributed by atoms with E-state index in [-0.39, 0.29) is 11.4 Å². The van der Waals surface area contributed by atoms with E-state index in [9.17, 15) is 19.7 Å². The van der Waals surface area contributed by atoms with Crippen molar-refractivity contribution in [3.05, 3.63) is 34.4 Å². The first-order valence-corrected chi connectivity index (χ1v) is 5.07. The molecule has 0 aliphatic heterocycles. The third-order valence-electron chi connectivity index (χ3n) is 2.11. The molecule has 19 heavy (non-hydrogen) atoms. The number of nitro benzene ring substituents is 1. The number of benzene rings is 1. The summed E-state index contributed by atoms with van der Waals surface area (Å²) in [6.07, 6.45) is 0. The predicted octanol–water partition coefficient (Wildman–Crippen LogP) is 0.734. The molecule has 8 nitrogen and oxygen atoms in total. The second kappa shape index (κ2) is 6.11. The van der Waals surface area contributed by atoms with Crippen molar-refractivity contribution in [3.8, 4) is 11.8 Å². The van der Waals surface area contributed by atoms with Crippen molar-refractivity contribution >= 4 is 17.4 Å². The Labute approximate surface area is 107 Å². The van der Waals surface area contributed by atoms with Crippen molar-refractivity contribution < 1.29 is 19.3 Å². The SMILES string of the molecule is CC(=O)C(C#N)C(=O)NOc1ccc([N+](=O)[O-])cc1. The Kier molecular flexibility index (Phi) is 4.54. The second-order valence-corrected chi connectivity index (χ2v) is 3.49. The number of non-ortho nitro benzene ring substituents is 1. The number of hydrogen-bond donors (Lipinski definition) is 1. The minimum Gasteiger partial charge on any atom is -0.379 e. The molecule has 1 aromatic rings. The van der Waals surface area contributed by atoms with Crippen LogP contribution in [0, 0.1) is 27.4 Å². The molecule has 0 bridgehead atoms. The molecular formula is C11H9N3O5. The summed E-state index contributed by atoms with van der Waals surface area (Å²) in [6, 6.07) is 6.45. The monoisotopic (exact) mass is 263 g/mol. The van der Waals surface area contributed by atoms with E-state index in [1.807, 2.05) is 5.48 Å². The number of hydroxylamine groups is 1. The largest absolute Gasteiger partial charge is 0.379 e. The highest BCUT2D eigenvalue weighted by atomic mass is 16.7. The molecule has 98 valence electrons. The number of hydrogen-bond acceptors (Lipinski definition) is 6. The molecule has 0 heterocycles. The van der Waals surface area contributed by atoms with Gasteiger partial charge in [-0.15, -0.1) is 0 Å². The van der Waals surface area contributed by atoms with Crippen molar-refractivity contribution in [2.75, 3.05) is 0 Å². The van der Waals surface area contributed by atoms with Crippen LogP contribution in [0.4, 0.5) is 5.69 Å². The van der Waals surface area contributed by atoms with E-state index in [0.717, 1.165) is 6.92 Å². The van der Waals surface area contributed by atoms with Gasteiger partial charge in [0.1, 0.15) is 0 Å². The van der Waals surface area contributed by atoms with E-state index in [4.69, 9.17) is 10.1 Å². The van der Waals surface area contributed by atoms with Gasteiger partial charge in [-0.25, -0.2) is 0 Å². The molecule has 1 N–H and O–H groups in total. The van der Waals surface area contributed by atoms with Crippen LogP contribution in [0.5, 0.6) is 5.75 Å². The second-order valence-electron chi connectivity index (χ2n) is 3.49. The molecule has 0 saturated heterocycles. The lowest BCUT2D eigenvalue weighted by atomic mass is 10.1. The Morgan fingerprint density at radius 3 is 2.42 bits per heavy atom. The molecular weight excluding hydrogens is 254 g/mol. The van der Waals surface area contributed by atoms with E-state index in [2.05, 4.69) is 0 Å². The number of carbonyl (C=O) groups is 2. The first-order chi connectivity index (χ1) is 8.95. The van der Waals surface area contributed by atoms with E-state index in [1.54, 1.807) is 0 Å². The lowest BCUT2D eigenvalue weighted by Crippen LogP contribution is -2.35. The number of nitrogens with zero attached hydrogens (tertiary/aromatic N) is 2. The van der Waals surface area contributed by atoms with Crippen molar-refractivity contribution in [1.29, 1.82) is 5.26 Å². The van der Waals surface area contributed by atoms with Gasteiger partial charge in [-0.2, -0.15) is 10.7 Å². The zero-order valence-electron chi connectivity index (χ0n) is 9.82.